The van der Waals surface area contributed by atoms with Crippen LogP contribution < -0.4 is 10.7 Å². The zero-order valence-corrected chi connectivity index (χ0v) is 17.7. The van der Waals surface area contributed by atoms with Crippen LogP contribution in [0.1, 0.15) is 17.3 Å². The lowest BCUT2D eigenvalue weighted by atomic mass is 10.2. The number of carbonyl (C=O) groups is 1. The van der Waals surface area contributed by atoms with Crippen LogP contribution in [-0.4, -0.2) is 23.1 Å². The highest BCUT2D eigenvalue weighted by Crippen LogP contribution is 2.27. The highest BCUT2D eigenvalue weighted by atomic mass is 28.3. The number of nitrogens with zero attached hydrogens (tertiary/aromatic N) is 2. The van der Waals surface area contributed by atoms with Gasteiger partial charge < -0.3 is 4.57 Å². The highest BCUT2D eigenvalue weighted by Gasteiger charge is 2.27. The second kappa shape index (κ2) is 6.60. The van der Waals surface area contributed by atoms with Crippen molar-refractivity contribution in [2.45, 2.75) is 33.1 Å². The second-order valence-electron chi connectivity index (χ2n) is 8.31. The van der Waals surface area contributed by atoms with Crippen LogP contribution in [0.5, 0.6) is 0 Å². The van der Waals surface area contributed by atoms with Crippen molar-refractivity contribution in [2.24, 2.45) is 0 Å². The first-order valence-electron chi connectivity index (χ1n) is 9.51. The van der Waals surface area contributed by atoms with E-state index in [4.69, 9.17) is 0 Å². The molecule has 142 valence electrons. The van der Waals surface area contributed by atoms with E-state index in [1.807, 2.05) is 60.8 Å². The predicted octanol–water partition coefficient (Wildman–Crippen LogP) is 4.21. The molecule has 0 saturated heterocycles. The van der Waals surface area contributed by atoms with Crippen LogP contribution in [0.4, 0.5) is 0 Å². The lowest BCUT2D eigenvalue weighted by Crippen LogP contribution is -2.42. The Morgan fingerprint density at radius 3 is 2.25 bits per heavy atom. The van der Waals surface area contributed by atoms with E-state index in [9.17, 15) is 9.59 Å². The van der Waals surface area contributed by atoms with E-state index < -0.39 is 8.07 Å². The third-order valence-corrected chi connectivity index (χ3v) is 7.21. The molecule has 0 bridgehead atoms. The maximum atomic E-state index is 13.5. The SMILES string of the molecule is CC(=O)n1c2ccccc2c2c([Si](C)(C)C)cn(Cc3ccccc3)c(=O)c21. The van der Waals surface area contributed by atoms with Gasteiger partial charge >= 0.3 is 0 Å². The Bertz CT molecular complexity index is 1260. The first kappa shape index (κ1) is 18.4. The van der Waals surface area contributed by atoms with Gasteiger partial charge in [-0.2, -0.15) is 0 Å². The van der Waals surface area contributed by atoms with Crippen molar-refractivity contribution in [1.82, 2.24) is 9.13 Å². The fourth-order valence-electron chi connectivity index (χ4n) is 3.92. The molecule has 0 saturated carbocycles. The van der Waals surface area contributed by atoms with Crippen molar-refractivity contribution >= 4 is 41.0 Å². The van der Waals surface area contributed by atoms with Gasteiger partial charge in [0.15, 0.2) is 0 Å². The number of pyridine rings is 1. The molecule has 0 spiro atoms. The molecule has 5 heteroatoms. The van der Waals surface area contributed by atoms with Crippen LogP contribution in [0.25, 0.3) is 21.8 Å². The fraction of sp³-hybridized carbons (Fsp3) is 0.217. The van der Waals surface area contributed by atoms with E-state index in [1.54, 1.807) is 9.13 Å². The van der Waals surface area contributed by atoms with Gasteiger partial charge in [0.25, 0.3) is 5.56 Å². The van der Waals surface area contributed by atoms with Gasteiger partial charge in [0.05, 0.1) is 20.1 Å². The fourth-order valence-corrected chi connectivity index (χ4v) is 5.47. The van der Waals surface area contributed by atoms with Crippen molar-refractivity contribution in [2.75, 3.05) is 0 Å². The predicted molar refractivity (Wildman–Crippen MR) is 119 cm³/mol. The summed E-state index contributed by atoms with van der Waals surface area (Å²) in [7, 11) is -1.79. The van der Waals surface area contributed by atoms with Gasteiger partial charge in [0.1, 0.15) is 5.52 Å². The van der Waals surface area contributed by atoms with Gasteiger partial charge in [0, 0.05) is 23.9 Å². The number of hydrogen-bond donors (Lipinski definition) is 0. The lowest BCUT2D eigenvalue weighted by molar-refractivity contribution is 0.0946. The van der Waals surface area contributed by atoms with Crippen molar-refractivity contribution in [3.63, 3.8) is 0 Å². The van der Waals surface area contributed by atoms with Crippen molar-refractivity contribution in [3.8, 4) is 0 Å². The summed E-state index contributed by atoms with van der Waals surface area (Å²) in [5.74, 6) is -0.137. The Morgan fingerprint density at radius 1 is 0.964 bits per heavy atom. The second-order valence-corrected chi connectivity index (χ2v) is 13.3. The van der Waals surface area contributed by atoms with E-state index in [0.29, 0.717) is 12.1 Å². The first-order chi connectivity index (χ1) is 13.3. The first-order valence-corrected chi connectivity index (χ1v) is 13.0. The number of benzene rings is 2. The molecule has 2 aromatic carbocycles. The normalized spacial score (nSPS) is 12.0. The Morgan fingerprint density at radius 2 is 1.61 bits per heavy atom. The number of rotatable bonds is 3. The highest BCUT2D eigenvalue weighted by molar-refractivity contribution is 6.90. The number of hydrogen-bond acceptors (Lipinski definition) is 2. The van der Waals surface area contributed by atoms with Crippen LogP contribution in [-0.2, 0) is 6.54 Å². The summed E-state index contributed by atoms with van der Waals surface area (Å²) >= 11 is 0. The number of para-hydroxylation sites is 1. The van der Waals surface area contributed by atoms with Crippen LogP contribution in [0, 0.1) is 0 Å². The van der Waals surface area contributed by atoms with Gasteiger partial charge in [-0.1, -0.05) is 68.2 Å². The molecule has 0 amide bonds. The van der Waals surface area contributed by atoms with Gasteiger partial charge in [-0.15, -0.1) is 0 Å². The van der Waals surface area contributed by atoms with Crippen molar-refractivity contribution < 1.29 is 4.79 Å². The molecule has 4 rings (SSSR count). The average molecular weight is 389 g/mol. The van der Waals surface area contributed by atoms with Gasteiger partial charge in [-0.25, -0.2) is 0 Å². The lowest BCUT2D eigenvalue weighted by Gasteiger charge is -2.20. The van der Waals surface area contributed by atoms with Gasteiger partial charge in [-0.05, 0) is 16.8 Å². The summed E-state index contributed by atoms with van der Waals surface area (Å²) in [5.41, 5.74) is 2.26. The van der Waals surface area contributed by atoms with Crippen LogP contribution in [0.2, 0.25) is 19.6 Å². The van der Waals surface area contributed by atoms with Gasteiger partial charge in [0.2, 0.25) is 5.91 Å². The molecule has 0 atom stereocenters. The van der Waals surface area contributed by atoms with Crippen LogP contribution in [0.3, 0.4) is 0 Å². The monoisotopic (exact) mass is 388 g/mol. The third kappa shape index (κ3) is 2.92. The third-order valence-electron chi connectivity index (χ3n) is 5.21. The molecule has 0 aliphatic rings. The molecule has 4 aromatic rings. The average Bonchev–Trinajstić information content (AvgIpc) is 2.99. The molecule has 4 nitrogen and oxygen atoms in total. The standard InChI is InChI=1S/C23H24N2O2Si/c1-16(26)25-19-13-9-8-12-18(19)21-20(28(2,3)4)15-24(23(27)22(21)25)14-17-10-6-5-7-11-17/h5-13,15H,14H2,1-4H3. The molecular weight excluding hydrogens is 364 g/mol. The molecule has 0 fully saturated rings. The molecule has 28 heavy (non-hydrogen) atoms. The molecule has 0 aliphatic carbocycles. The largest absolute Gasteiger partial charge is 0.309 e. The zero-order valence-electron chi connectivity index (χ0n) is 16.7. The van der Waals surface area contributed by atoms with Crippen molar-refractivity contribution in [1.29, 1.82) is 0 Å². The van der Waals surface area contributed by atoms with E-state index in [-0.39, 0.29) is 11.5 Å². The minimum absolute atomic E-state index is 0.118. The molecule has 0 aliphatic heterocycles. The molecule has 2 aromatic heterocycles. The minimum atomic E-state index is -1.79. The number of fused-ring (bicyclic) bond motifs is 3. The zero-order chi connectivity index (χ0) is 20.1. The van der Waals surface area contributed by atoms with Gasteiger partial charge in [-0.3, -0.25) is 14.2 Å². The number of aromatic nitrogens is 2. The Balaban J connectivity index is 2.16. The molecule has 0 N–H and O–H groups in total. The van der Waals surface area contributed by atoms with Crippen LogP contribution in [0.15, 0.2) is 65.6 Å². The van der Waals surface area contributed by atoms with E-state index >= 15 is 0 Å². The van der Waals surface area contributed by atoms with Crippen molar-refractivity contribution in [3.05, 3.63) is 76.7 Å². The van der Waals surface area contributed by atoms with E-state index in [1.165, 1.54) is 12.1 Å². The summed E-state index contributed by atoms with van der Waals surface area (Å²) in [4.78, 5) is 26.1. The topological polar surface area (TPSA) is 44.0 Å². The molecular formula is C23H24N2O2Si. The summed E-state index contributed by atoms with van der Waals surface area (Å²) in [6, 6.07) is 17.8. The quantitative estimate of drug-likeness (QED) is 0.494. The Kier molecular flexibility index (Phi) is 4.35. The maximum Gasteiger partial charge on any atom is 0.275 e. The summed E-state index contributed by atoms with van der Waals surface area (Å²) in [5, 5.41) is 3.13. The summed E-state index contributed by atoms with van der Waals surface area (Å²) in [6.07, 6.45) is 2.03. The minimum Gasteiger partial charge on any atom is -0.309 e. The molecule has 2 heterocycles. The number of carbonyl (C=O) groups excluding carboxylic acids is 1. The summed E-state index contributed by atoms with van der Waals surface area (Å²) in [6.45, 7) is 8.84. The van der Waals surface area contributed by atoms with E-state index in [2.05, 4.69) is 19.6 Å². The molecule has 0 radical (unpaired) electrons. The van der Waals surface area contributed by atoms with Crippen LogP contribution >= 0.6 is 0 Å². The smallest absolute Gasteiger partial charge is 0.275 e. The Hall–Kier alpha value is -2.92. The molecule has 0 unspecified atom stereocenters. The van der Waals surface area contributed by atoms with E-state index in [0.717, 1.165) is 21.9 Å². The summed E-state index contributed by atoms with van der Waals surface area (Å²) < 4.78 is 3.36. The maximum absolute atomic E-state index is 13.5. The Labute approximate surface area is 165 Å².